The summed E-state index contributed by atoms with van der Waals surface area (Å²) in [6.07, 6.45) is 3.76. The van der Waals surface area contributed by atoms with Crippen LogP contribution in [0.3, 0.4) is 0 Å². The van der Waals surface area contributed by atoms with Gasteiger partial charge in [0.05, 0.1) is 15.6 Å². The van der Waals surface area contributed by atoms with Gasteiger partial charge in [0.25, 0.3) is 0 Å². The van der Waals surface area contributed by atoms with Crippen molar-refractivity contribution < 1.29 is 13.2 Å². The van der Waals surface area contributed by atoms with Gasteiger partial charge in [0.15, 0.2) is 0 Å². The molecular weight excluding hydrogens is 312 g/mol. The van der Waals surface area contributed by atoms with E-state index >= 15 is 0 Å². The van der Waals surface area contributed by atoms with Gasteiger partial charge in [0.2, 0.25) is 15.9 Å². The third-order valence-electron chi connectivity index (χ3n) is 3.91. The molecule has 1 aliphatic carbocycles. The fourth-order valence-corrected chi connectivity index (χ4v) is 3.24. The van der Waals surface area contributed by atoms with Crippen LogP contribution in [0.25, 0.3) is 0 Å². The van der Waals surface area contributed by atoms with Crippen molar-refractivity contribution in [2.75, 3.05) is 5.32 Å². The van der Waals surface area contributed by atoms with Crippen molar-refractivity contribution in [2.24, 2.45) is 17.0 Å². The number of nitrogens with one attached hydrogen (secondary N) is 1. The molecule has 0 aromatic heterocycles. The molecule has 3 N–H and O–H groups in total. The quantitative estimate of drug-likeness (QED) is 0.893. The molecule has 0 unspecified atom stereocenters. The Morgan fingerprint density at radius 3 is 2.48 bits per heavy atom. The van der Waals surface area contributed by atoms with Gasteiger partial charge in [-0.05, 0) is 49.8 Å². The molecule has 1 aromatic carbocycles. The summed E-state index contributed by atoms with van der Waals surface area (Å²) in [7, 11) is -3.82. The zero-order chi connectivity index (χ0) is 15.6. The number of carbonyl (C=O) groups is 1. The molecule has 116 valence electrons. The van der Waals surface area contributed by atoms with Gasteiger partial charge in [0.1, 0.15) is 0 Å². The normalized spacial score (nSPS) is 22.8. The summed E-state index contributed by atoms with van der Waals surface area (Å²) in [5.41, 5.74) is 0.284. The molecule has 21 heavy (non-hydrogen) atoms. The minimum atomic E-state index is -3.82. The van der Waals surface area contributed by atoms with Crippen molar-refractivity contribution in [3.63, 3.8) is 0 Å². The SMILES string of the molecule is CC1CCC(C(=O)Nc2cc(S(N)(=O)=O)ccc2Cl)CC1. The lowest BCUT2D eigenvalue weighted by Gasteiger charge is -2.25. The Morgan fingerprint density at radius 1 is 1.29 bits per heavy atom. The van der Waals surface area contributed by atoms with Crippen LogP contribution in [0.1, 0.15) is 32.6 Å². The molecule has 1 amide bonds. The highest BCUT2D eigenvalue weighted by Gasteiger charge is 2.25. The van der Waals surface area contributed by atoms with Crippen molar-refractivity contribution in [3.05, 3.63) is 23.2 Å². The first kappa shape index (κ1) is 16.3. The molecule has 1 saturated carbocycles. The molecule has 0 radical (unpaired) electrons. The smallest absolute Gasteiger partial charge is 0.238 e. The van der Waals surface area contributed by atoms with E-state index in [-0.39, 0.29) is 22.4 Å². The molecule has 0 aliphatic heterocycles. The Labute approximate surface area is 129 Å². The minimum Gasteiger partial charge on any atom is -0.324 e. The molecule has 0 saturated heterocycles. The summed E-state index contributed by atoms with van der Waals surface area (Å²) >= 11 is 6.00. The summed E-state index contributed by atoms with van der Waals surface area (Å²) < 4.78 is 22.7. The number of rotatable bonds is 3. The maximum atomic E-state index is 12.2. The molecule has 2 rings (SSSR count). The lowest BCUT2D eigenvalue weighted by Crippen LogP contribution is -2.26. The van der Waals surface area contributed by atoms with Crippen LogP contribution >= 0.6 is 11.6 Å². The Kier molecular flexibility index (Phi) is 4.91. The van der Waals surface area contributed by atoms with Crippen LogP contribution in [0.5, 0.6) is 0 Å². The third kappa shape index (κ3) is 4.18. The van der Waals surface area contributed by atoms with E-state index in [1.807, 2.05) is 0 Å². The van der Waals surface area contributed by atoms with E-state index < -0.39 is 10.0 Å². The number of hydrogen-bond donors (Lipinski definition) is 2. The highest BCUT2D eigenvalue weighted by atomic mass is 35.5. The van der Waals surface area contributed by atoms with Gasteiger partial charge in [-0.2, -0.15) is 0 Å². The number of sulfonamides is 1. The van der Waals surface area contributed by atoms with Crippen LogP contribution in [0.4, 0.5) is 5.69 Å². The number of amides is 1. The van der Waals surface area contributed by atoms with E-state index in [2.05, 4.69) is 12.2 Å². The van der Waals surface area contributed by atoms with Crippen LogP contribution in [-0.4, -0.2) is 14.3 Å². The lowest BCUT2D eigenvalue weighted by atomic mass is 9.82. The average Bonchev–Trinajstić information content (AvgIpc) is 2.40. The van der Waals surface area contributed by atoms with E-state index in [1.165, 1.54) is 18.2 Å². The van der Waals surface area contributed by atoms with Gasteiger partial charge in [0, 0.05) is 5.92 Å². The predicted octanol–water partition coefficient (Wildman–Crippen LogP) is 2.75. The van der Waals surface area contributed by atoms with Crippen LogP contribution < -0.4 is 10.5 Å². The number of primary sulfonamides is 1. The van der Waals surface area contributed by atoms with Crippen LogP contribution in [0.2, 0.25) is 5.02 Å². The summed E-state index contributed by atoms with van der Waals surface area (Å²) in [4.78, 5) is 12.2. The zero-order valence-electron chi connectivity index (χ0n) is 11.8. The molecular formula is C14H19ClN2O3S. The fourth-order valence-electron chi connectivity index (χ4n) is 2.53. The van der Waals surface area contributed by atoms with E-state index in [4.69, 9.17) is 16.7 Å². The van der Waals surface area contributed by atoms with E-state index in [0.717, 1.165) is 25.7 Å². The molecule has 1 aliphatic rings. The summed E-state index contributed by atoms with van der Waals surface area (Å²) in [5.74, 6) is 0.495. The van der Waals surface area contributed by atoms with Crippen LogP contribution in [0, 0.1) is 11.8 Å². The molecule has 0 bridgehead atoms. The highest BCUT2D eigenvalue weighted by molar-refractivity contribution is 7.89. The highest BCUT2D eigenvalue weighted by Crippen LogP contribution is 2.31. The second-order valence-electron chi connectivity index (χ2n) is 5.63. The number of anilines is 1. The predicted molar refractivity (Wildman–Crippen MR) is 82.6 cm³/mol. The van der Waals surface area contributed by atoms with Gasteiger partial charge in [-0.25, -0.2) is 13.6 Å². The number of carbonyl (C=O) groups excluding carboxylic acids is 1. The van der Waals surface area contributed by atoms with Crippen molar-refractivity contribution in [3.8, 4) is 0 Å². The summed E-state index contributed by atoms with van der Waals surface area (Å²) in [6.45, 7) is 2.18. The van der Waals surface area contributed by atoms with Crippen LogP contribution in [-0.2, 0) is 14.8 Å². The van der Waals surface area contributed by atoms with E-state index in [9.17, 15) is 13.2 Å². The van der Waals surface area contributed by atoms with Gasteiger partial charge in [-0.15, -0.1) is 0 Å². The standard InChI is InChI=1S/C14H19ClN2O3S/c1-9-2-4-10(5-3-9)14(18)17-13-8-11(21(16,19)20)6-7-12(13)15/h6-10H,2-5H2,1H3,(H,17,18)(H2,16,19,20). The average molecular weight is 331 g/mol. The Bertz CT molecular complexity index is 638. The largest absolute Gasteiger partial charge is 0.324 e. The third-order valence-corrected chi connectivity index (χ3v) is 5.15. The van der Waals surface area contributed by atoms with Crippen LogP contribution in [0.15, 0.2) is 23.1 Å². The number of halogens is 1. The lowest BCUT2D eigenvalue weighted by molar-refractivity contribution is -0.121. The second-order valence-corrected chi connectivity index (χ2v) is 7.60. The first-order valence-electron chi connectivity index (χ1n) is 6.90. The zero-order valence-corrected chi connectivity index (χ0v) is 13.4. The first-order valence-corrected chi connectivity index (χ1v) is 8.83. The summed E-state index contributed by atoms with van der Waals surface area (Å²) in [6, 6.07) is 4.02. The number of hydrogen-bond acceptors (Lipinski definition) is 3. The molecule has 1 aromatic rings. The van der Waals surface area contributed by atoms with Gasteiger partial charge in [-0.3, -0.25) is 4.79 Å². The van der Waals surface area contributed by atoms with Crippen molar-refractivity contribution >= 4 is 33.2 Å². The van der Waals surface area contributed by atoms with Crippen molar-refractivity contribution in [1.82, 2.24) is 0 Å². The maximum absolute atomic E-state index is 12.2. The first-order chi connectivity index (χ1) is 9.77. The molecule has 0 heterocycles. The van der Waals surface area contributed by atoms with E-state index in [0.29, 0.717) is 10.9 Å². The monoisotopic (exact) mass is 330 g/mol. The van der Waals surface area contributed by atoms with Crippen molar-refractivity contribution in [1.29, 1.82) is 0 Å². The Balaban J connectivity index is 2.14. The Morgan fingerprint density at radius 2 is 1.90 bits per heavy atom. The van der Waals surface area contributed by atoms with E-state index in [1.54, 1.807) is 0 Å². The number of nitrogens with two attached hydrogens (primary N) is 1. The van der Waals surface area contributed by atoms with Gasteiger partial charge in [-0.1, -0.05) is 18.5 Å². The Hall–Kier alpha value is -1.11. The molecule has 0 spiro atoms. The topological polar surface area (TPSA) is 89.3 Å². The molecule has 5 nitrogen and oxygen atoms in total. The molecule has 1 fully saturated rings. The minimum absolute atomic E-state index is 0.0459. The molecule has 7 heteroatoms. The molecule has 0 atom stereocenters. The maximum Gasteiger partial charge on any atom is 0.238 e. The van der Waals surface area contributed by atoms with Crippen molar-refractivity contribution in [2.45, 2.75) is 37.5 Å². The number of benzene rings is 1. The van der Waals surface area contributed by atoms with Gasteiger partial charge >= 0.3 is 0 Å². The van der Waals surface area contributed by atoms with Gasteiger partial charge < -0.3 is 5.32 Å². The fraction of sp³-hybridized carbons (Fsp3) is 0.500. The second kappa shape index (κ2) is 6.34. The summed E-state index contributed by atoms with van der Waals surface area (Å²) in [5, 5.41) is 8.09.